The Morgan fingerprint density at radius 1 is 1.16 bits per heavy atom. The van der Waals surface area contributed by atoms with E-state index < -0.39 is 0 Å². The first kappa shape index (κ1) is 22.8. The van der Waals surface area contributed by atoms with Crippen LogP contribution in [0.5, 0.6) is 0 Å². The van der Waals surface area contributed by atoms with Gasteiger partial charge in [-0.1, -0.05) is 6.07 Å². The molecule has 0 atom stereocenters. The number of imidazole rings is 1. The maximum Gasteiger partial charge on any atom is 0.289 e. The van der Waals surface area contributed by atoms with E-state index in [-0.39, 0.29) is 29.9 Å². The van der Waals surface area contributed by atoms with Crippen molar-refractivity contribution in [2.75, 3.05) is 33.2 Å². The van der Waals surface area contributed by atoms with E-state index in [1.807, 2.05) is 40.9 Å². The second-order valence-electron chi connectivity index (χ2n) is 7.03. The van der Waals surface area contributed by atoms with Crippen LogP contribution in [0.3, 0.4) is 0 Å². The van der Waals surface area contributed by atoms with Crippen LogP contribution in [0.2, 0.25) is 0 Å². The number of guanidine groups is 1. The fourth-order valence-electron chi connectivity index (χ4n) is 3.47. The van der Waals surface area contributed by atoms with Gasteiger partial charge in [0.15, 0.2) is 11.7 Å². The Kier molecular flexibility index (Phi) is 7.66. The normalized spacial score (nSPS) is 14.3. The molecule has 0 spiro atoms. The molecule has 31 heavy (non-hydrogen) atoms. The van der Waals surface area contributed by atoms with Gasteiger partial charge in [-0.25, -0.2) is 9.97 Å². The highest BCUT2D eigenvalue weighted by atomic mass is 127. The van der Waals surface area contributed by atoms with Gasteiger partial charge in [0.25, 0.3) is 5.91 Å². The lowest BCUT2D eigenvalue weighted by molar-refractivity contribution is 0.0657. The van der Waals surface area contributed by atoms with Crippen LogP contribution in [0.4, 0.5) is 0 Å². The predicted molar refractivity (Wildman–Crippen MR) is 128 cm³/mol. The Morgan fingerprint density at radius 2 is 1.94 bits per heavy atom. The number of halogens is 1. The van der Waals surface area contributed by atoms with Gasteiger partial charge in [-0.2, -0.15) is 0 Å². The van der Waals surface area contributed by atoms with Gasteiger partial charge in [-0.05, 0) is 30.7 Å². The Hall–Kier alpha value is -2.89. The fraction of sp³-hybridized carbons (Fsp3) is 0.333. The van der Waals surface area contributed by atoms with Gasteiger partial charge in [0.05, 0.1) is 6.26 Å². The summed E-state index contributed by atoms with van der Waals surface area (Å²) >= 11 is 0. The van der Waals surface area contributed by atoms with Crippen molar-refractivity contribution in [3.8, 4) is 5.82 Å². The second kappa shape index (κ2) is 10.4. The summed E-state index contributed by atoms with van der Waals surface area (Å²) < 4.78 is 7.16. The van der Waals surface area contributed by atoms with E-state index in [9.17, 15) is 4.79 Å². The third-order valence-electron chi connectivity index (χ3n) is 5.14. The van der Waals surface area contributed by atoms with Crippen LogP contribution in [0.1, 0.15) is 21.9 Å². The molecule has 4 rings (SSSR count). The monoisotopic (exact) mass is 535 g/mol. The summed E-state index contributed by atoms with van der Waals surface area (Å²) in [6.45, 7) is 5.24. The zero-order valence-corrected chi connectivity index (χ0v) is 19.9. The molecule has 10 heteroatoms. The molecule has 0 aliphatic carbocycles. The van der Waals surface area contributed by atoms with Crippen molar-refractivity contribution in [3.63, 3.8) is 0 Å². The number of nitrogens with zero attached hydrogens (tertiary/aromatic N) is 6. The quantitative estimate of drug-likeness (QED) is 0.314. The smallest absolute Gasteiger partial charge is 0.289 e. The lowest BCUT2D eigenvalue weighted by Gasteiger charge is -2.36. The number of hydrogen-bond donors (Lipinski definition) is 1. The van der Waals surface area contributed by atoms with Crippen LogP contribution in [-0.4, -0.2) is 69.4 Å². The first-order valence-electron chi connectivity index (χ1n) is 9.89. The van der Waals surface area contributed by atoms with Crippen LogP contribution in [-0.2, 0) is 6.54 Å². The Bertz CT molecular complexity index is 1010. The van der Waals surface area contributed by atoms with Crippen LogP contribution < -0.4 is 5.32 Å². The number of nitrogens with one attached hydrogen (secondary N) is 1. The molecule has 0 unspecified atom stereocenters. The zero-order valence-electron chi connectivity index (χ0n) is 17.6. The number of carbonyl (C=O) groups is 1. The molecule has 1 fully saturated rings. The molecule has 0 saturated carbocycles. The minimum absolute atomic E-state index is 0. The summed E-state index contributed by atoms with van der Waals surface area (Å²) in [4.78, 5) is 29.5. The summed E-state index contributed by atoms with van der Waals surface area (Å²) in [6, 6.07) is 7.45. The molecule has 0 radical (unpaired) electrons. The minimum Gasteiger partial charge on any atom is -0.459 e. The molecule has 9 nitrogen and oxygen atoms in total. The molecular weight excluding hydrogens is 509 g/mol. The minimum atomic E-state index is -0.0677. The highest BCUT2D eigenvalue weighted by Crippen LogP contribution is 2.11. The van der Waals surface area contributed by atoms with Crippen LogP contribution in [0.15, 0.2) is 58.5 Å². The first-order chi connectivity index (χ1) is 14.7. The van der Waals surface area contributed by atoms with Gasteiger partial charge in [-0.15, -0.1) is 24.0 Å². The molecule has 164 valence electrons. The number of pyridine rings is 1. The first-order valence-corrected chi connectivity index (χ1v) is 9.89. The van der Waals surface area contributed by atoms with Crippen LogP contribution in [0, 0.1) is 6.92 Å². The summed E-state index contributed by atoms with van der Waals surface area (Å²) in [5.41, 5.74) is 1.06. The van der Waals surface area contributed by atoms with Gasteiger partial charge < -0.3 is 19.5 Å². The predicted octanol–water partition coefficient (Wildman–Crippen LogP) is 2.32. The number of piperazine rings is 1. The molecule has 0 aromatic carbocycles. The van der Waals surface area contributed by atoms with E-state index in [1.165, 1.54) is 6.26 Å². The fourth-order valence-corrected chi connectivity index (χ4v) is 3.47. The molecular formula is C21H26IN7O2. The summed E-state index contributed by atoms with van der Waals surface area (Å²) in [5, 5.41) is 3.39. The Morgan fingerprint density at radius 3 is 2.52 bits per heavy atom. The maximum absolute atomic E-state index is 12.4. The van der Waals surface area contributed by atoms with Crippen molar-refractivity contribution >= 4 is 35.8 Å². The lowest BCUT2D eigenvalue weighted by Crippen LogP contribution is -2.53. The third-order valence-corrected chi connectivity index (χ3v) is 5.14. The summed E-state index contributed by atoms with van der Waals surface area (Å²) in [6.07, 6.45) is 7.04. The molecule has 3 aromatic heterocycles. The average Bonchev–Trinajstić information content (AvgIpc) is 3.47. The highest BCUT2D eigenvalue weighted by molar-refractivity contribution is 14.0. The van der Waals surface area contributed by atoms with E-state index in [2.05, 4.69) is 25.2 Å². The summed E-state index contributed by atoms with van der Waals surface area (Å²) in [7, 11) is 1.77. The number of carbonyl (C=O) groups excluding carboxylic acids is 1. The van der Waals surface area contributed by atoms with E-state index in [0.717, 1.165) is 23.2 Å². The van der Waals surface area contributed by atoms with Gasteiger partial charge in [-0.3, -0.25) is 14.4 Å². The second-order valence-corrected chi connectivity index (χ2v) is 7.03. The number of rotatable bonds is 4. The van der Waals surface area contributed by atoms with Crippen molar-refractivity contribution in [2.45, 2.75) is 13.5 Å². The molecule has 0 bridgehead atoms. The number of furan rings is 1. The molecule has 1 aliphatic rings. The Balaban J connectivity index is 0.00000272. The largest absolute Gasteiger partial charge is 0.459 e. The van der Waals surface area contributed by atoms with Crippen LogP contribution >= 0.6 is 24.0 Å². The van der Waals surface area contributed by atoms with Crippen molar-refractivity contribution in [1.82, 2.24) is 29.7 Å². The molecule has 4 heterocycles. The van der Waals surface area contributed by atoms with Crippen molar-refractivity contribution < 1.29 is 9.21 Å². The number of hydrogen-bond acceptors (Lipinski definition) is 5. The average molecular weight is 535 g/mol. The lowest BCUT2D eigenvalue weighted by atomic mass is 10.2. The van der Waals surface area contributed by atoms with Gasteiger partial charge in [0.1, 0.15) is 11.6 Å². The van der Waals surface area contributed by atoms with Gasteiger partial charge in [0, 0.05) is 58.4 Å². The maximum atomic E-state index is 12.4. The SMILES string of the molecule is CN=C(NCc1ccc(-n2ccnc2C)nc1)N1CCN(C(=O)c2ccco2)CC1.I. The van der Waals surface area contributed by atoms with E-state index >= 15 is 0 Å². The standard InChI is InChI=1S/C21H25N7O2.HI/c1-16-23-7-8-28(16)19-6-5-17(14-24-19)15-25-21(22-2)27-11-9-26(10-12-27)20(29)18-4-3-13-30-18;/h3-8,13-14H,9-12,15H2,1-2H3,(H,22,25);1H. The molecule has 1 amide bonds. The molecule has 3 aromatic rings. The van der Waals surface area contributed by atoms with Gasteiger partial charge >= 0.3 is 0 Å². The van der Waals surface area contributed by atoms with Crippen molar-refractivity contribution in [3.05, 3.63) is 66.3 Å². The number of amides is 1. The number of aliphatic imine (C=N–C) groups is 1. The molecule has 1 aliphatic heterocycles. The van der Waals surface area contributed by atoms with E-state index in [1.54, 1.807) is 25.4 Å². The number of aromatic nitrogens is 3. The topological polar surface area (TPSA) is 91.8 Å². The van der Waals surface area contributed by atoms with Crippen LogP contribution in [0.25, 0.3) is 5.82 Å². The van der Waals surface area contributed by atoms with Crippen molar-refractivity contribution in [2.24, 2.45) is 4.99 Å². The molecule has 1 saturated heterocycles. The van der Waals surface area contributed by atoms with Gasteiger partial charge in [0.2, 0.25) is 0 Å². The zero-order chi connectivity index (χ0) is 20.9. The summed E-state index contributed by atoms with van der Waals surface area (Å²) in [5.74, 6) is 2.87. The number of aryl methyl sites for hydroxylation is 1. The van der Waals surface area contributed by atoms with E-state index in [0.29, 0.717) is 38.5 Å². The van der Waals surface area contributed by atoms with Crippen molar-refractivity contribution in [1.29, 1.82) is 0 Å². The highest BCUT2D eigenvalue weighted by Gasteiger charge is 2.25. The third kappa shape index (κ3) is 5.24. The van der Waals surface area contributed by atoms with E-state index in [4.69, 9.17) is 4.42 Å². The molecule has 1 N–H and O–H groups in total. The Labute approximate surface area is 198 Å².